The van der Waals surface area contributed by atoms with Crippen molar-refractivity contribution in [3.8, 4) is 0 Å². The van der Waals surface area contributed by atoms with Crippen LogP contribution in [-0.4, -0.2) is 73.8 Å². The molecule has 1 atom stereocenters. The van der Waals surface area contributed by atoms with E-state index < -0.39 is 11.0 Å². The summed E-state index contributed by atoms with van der Waals surface area (Å²) >= 11 is 0. The molecule has 0 saturated carbocycles. The molecule has 2 aromatic carbocycles. The average molecular weight is 519 g/mol. The first-order chi connectivity index (χ1) is 18.0. The second-order valence-corrected chi connectivity index (χ2v) is 12.4. The van der Waals surface area contributed by atoms with Gasteiger partial charge in [0.2, 0.25) is 0 Å². The summed E-state index contributed by atoms with van der Waals surface area (Å²) in [4.78, 5) is 20.7. The average Bonchev–Trinajstić information content (AvgIpc) is 3.26. The first-order valence-corrected chi connectivity index (χ1v) is 15.1. The van der Waals surface area contributed by atoms with Crippen LogP contribution in [-0.2, 0) is 36.9 Å². The summed E-state index contributed by atoms with van der Waals surface area (Å²) in [6.07, 6.45) is 5.10. The molecule has 37 heavy (non-hydrogen) atoms. The van der Waals surface area contributed by atoms with Gasteiger partial charge in [-0.25, -0.2) is 4.21 Å². The summed E-state index contributed by atoms with van der Waals surface area (Å²) in [5.74, 6) is 0.749. The largest absolute Gasteiger partial charge is 0.334 e. The van der Waals surface area contributed by atoms with Crippen LogP contribution in [0.25, 0.3) is 10.9 Å². The molecule has 3 aromatic rings. The van der Waals surface area contributed by atoms with E-state index in [-0.39, 0.29) is 5.91 Å². The fraction of sp³-hybridized carbons (Fsp3) is 0.500. The van der Waals surface area contributed by atoms with E-state index in [1.165, 1.54) is 35.2 Å². The van der Waals surface area contributed by atoms with Gasteiger partial charge in [0.25, 0.3) is 5.91 Å². The number of benzene rings is 2. The molecule has 7 heteroatoms. The standard InChI is InChI=1S/C30H38N4O2S/c1-3-18-37(36)34-28-9-8-23(30(35)33-16-10-22-6-4-5-7-24(22)20-33)19-26(28)27-21-32(17-13-29(27)34)25-11-14-31(2)15-12-25/h4-9,19,25H,3,10-18,20-21H2,1-2H3. The Balaban J connectivity index is 1.34. The highest BCUT2D eigenvalue weighted by Crippen LogP contribution is 2.35. The van der Waals surface area contributed by atoms with E-state index in [4.69, 9.17) is 0 Å². The van der Waals surface area contributed by atoms with Crippen molar-refractivity contribution < 1.29 is 9.00 Å². The van der Waals surface area contributed by atoms with Crippen LogP contribution in [0.2, 0.25) is 0 Å². The van der Waals surface area contributed by atoms with E-state index in [0.29, 0.717) is 18.3 Å². The van der Waals surface area contributed by atoms with Crippen molar-refractivity contribution in [1.82, 2.24) is 18.7 Å². The number of nitrogens with zero attached hydrogens (tertiary/aromatic N) is 4. The van der Waals surface area contributed by atoms with Gasteiger partial charge in [0.05, 0.1) is 5.52 Å². The lowest BCUT2D eigenvalue weighted by molar-refractivity contribution is 0.0735. The molecule has 3 aliphatic rings. The zero-order valence-corrected chi connectivity index (χ0v) is 22.9. The molecule has 1 unspecified atom stereocenters. The first kappa shape index (κ1) is 24.8. The first-order valence-electron chi connectivity index (χ1n) is 13.9. The zero-order chi connectivity index (χ0) is 25.5. The van der Waals surface area contributed by atoms with Crippen LogP contribution >= 0.6 is 0 Å². The molecule has 6 nitrogen and oxygen atoms in total. The third-order valence-corrected chi connectivity index (χ3v) is 10.2. The van der Waals surface area contributed by atoms with Crippen LogP contribution in [0, 0.1) is 0 Å². The van der Waals surface area contributed by atoms with Gasteiger partial charge in [-0.2, -0.15) is 0 Å². The highest BCUT2D eigenvalue weighted by molar-refractivity contribution is 7.83. The number of hydrogen-bond acceptors (Lipinski definition) is 4. The topological polar surface area (TPSA) is 48.8 Å². The number of rotatable bonds is 5. The fourth-order valence-electron chi connectivity index (χ4n) is 6.49. The SMILES string of the molecule is CCCS(=O)n1c2c(c3cc(C(=O)N4CCc5ccccc5C4)ccc31)CN(C1CCN(C)CC1)CC2. The molecule has 0 aliphatic carbocycles. The van der Waals surface area contributed by atoms with E-state index in [0.717, 1.165) is 68.5 Å². The van der Waals surface area contributed by atoms with Gasteiger partial charge < -0.3 is 9.80 Å². The molecule has 0 radical (unpaired) electrons. The van der Waals surface area contributed by atoms with Crippen molar-refractivity contribution in [2.75, 3.05) is 39.0 Å². The van der Waals surface area contributed by atoms with Gasteiger partial charge >= 0.3 is 0 Å². The lowest BCUT2D eigenvalue weighted by Crippen LogP contribution is -2.45. The molecular weight excluding hydrogens is 480 g/mol. The Bertz CT molecular complexity index is 1340. The third kappa shape index (κ3) is 4.66. The van der Waals surface area contributed by atoms with Gasteiger partial charge in [-0.3, -0.25) is 13.7 Å². The van der Waals surface area contributed by atoms with Crippen molar-refractivity contribution >= 4 is 27.8 Å². The predicted octanol–water partition coefficient (Wildman–Crippen LogP) is 4.21. The Morgan fingerprint density at radius 2 is 1.76 bits per heavy atom. The summed E-state index contributed by atoms with van der Waals surface area (Å²) in [6.45, 7) is 7.69. The summed E-state index contributed by atoms with van der Waals surface area (Å²) in [5, 5.41) is 1.11. The Kier molecular flexibility index (Phi) is 6.95. The van der Waals surface area contributed by atoms with Gasteiger partial charge in [0.15, 0.2) is 0 Å². The van der Waals surface area contributed by atoms with Crippen molar-refractivity contribution in [2.24, 2.45) is 0 Å². The number of hydrogen-bond donors (Lipinski definition) is 0. The Hall–Kier alpha value is -2.48. The highest BCUT2D eigenvalue weighted by atomic mass is 32.2. The van der Waals surface area contributed by atoms with Gasteiger partial charge in [-0.1, -0.05) is 31.2 Å². The molecule has 1 amide bonds. The minimum Gasteiger partial charge on any atom is -0.334 e. The van der Waals surface area contributed by atoms with Crippen LogP contribution < -0.4 is 0 Å². The van der Waals surface area contributed by atoms with Gasteiger partial charge in [0.1, 0.15) is 11.0 Å². The van der Waals surface area contributed by atoms with Crippen molar-refractivity contribution in [2.45, 2.75) is 58.2 Å². The van der Waals surface area contributed by atoms with Crippen LogP contribution in [0.4, 0.5) is 0 Å². The number of amides is 1. The van der Waals surface area contributed by atoms with Crippen molar-refractivity contribution in [1.29, 1.82) is 0 Å². The van der Waals surface area contributed by atoms with Gasteiger partial charge in [-0.15, -0.1) is 0 Å². The second kappa shape index (κ2) is 10.4. The Labute approximate surface area is 222 Å². The highest BCUT2D eigenvalue weighted by Gasteiger charge is 2.31. The molecule has 3 aliphatic heterocycles. The van der Waals surface area contributed by atoms with Crippen LogP contribution in [0.1, 0.15) is 58.9 Å². The summed E-state index contributed by atoms with van der Waals surface area (Å²) in [5.41, 5.74) is 6.84. The maximum Gasteiger partial charge on any atom is 0.254 e. The second-order valence-electron chi connectivity index (χ2n) is 11.0. The number of carbonyl (C=O) groups is 1. The smallest absolute Gasteiger partial charge is 0.254 e. The molecule has 196 valence electrons. The minimum absolute atomic E-state index is 0.0931. The zero-order valence-electron chi connectivity index (χ0n) is 22.1. The van der Waals surface area contributed by atoms with E-state index >= 15 is 0 Å². The molecule has 1 fully saturated rings. The summed E-state index contributed by atoms with van der Waals surface area (Å²) in [6, 6.07) is 15.1. The maximum atomic E-state index is 13.7. The summed E-state index contributed by atoms with van der Waals surface area (Å²) < 4.78 is 15.5. The molecule has 0 N–H and O–H groups in total. The van der Waals surface area contributed by atoms with Gasteiger partial charge in [0, 0.05) is 61.0 Å². The monoisotopic (exact) mass is 518 g/mol. The lowest BCUT2D eigenvalue weighted by Gasteiger charge is -2.39. The molecule has 4 heterocycles. The van der Waals surface area contributed by atoms with E-state index in [2.05, 4.69) is 58.1 Å². The van der Waals surface area contributed by atoms with E-state index in [9.17, 15) is 9.00 Å². The Morgan fingerprint density at radius 1 is 0.973 bits per heavy atom. The number of likely N-dealkylation sites (tertiary alicyclic amines) is 1. The minimum atomic E-state index is -1.09. The van der Waals surface area contributed by atoms with Crippen LogP contribution in [0.5, 0.6) is 0 Å². The van der Waals surface area contributed by atoms with E-state index in [1.54, 1.807) is 0 Å². The molecule has 1 aromatic heterocycles. The number of aromatic nitrogens is 1. The van der Waals surface area contributed by atoms with Crippen molar-refractivity contribution in [3.63, 3.8) is 0 Å². The normalized spacial score (nSPS) is 20.1. The molecule has 0 bridgehead atoms. The lowest BCUT2D eigenvalue weighted by atomic mass is 9.97. The third-order valence-electron chi connectivity index (χ3n) is 8.58. The van der Waals surface area contributed by atoms with Crippen LogP contribution in [0.3, 0.4) is 0 Å². The van der Waals surface area contributed by atoms with Crippen molar-refractivity contribution in [3.05, 3.63) is 70.4 Å². The molecule has 1 saturated heterocycles. The Morgan fingerprint density at radius 3 is 2.54 bits per heavy atom. The van der Waals surface area contributed by atoms with Gasteiger partial charge in [-0.05, 0) is 80.7 Å². The maximum absolute atomic E-state index is 13.7. The molecule has 0 spiro atoms. The predicted molar refractivity (Wildman–Crippen MR) is 150 cm³/mol. The molecule has 6 rings (SSSR count). The quantitative estimate of drug-likeness (QED) is 0.508. The van der Waals surface area contributed by atoms with E-state index in [1.807, 2.05) is 17.0 Å². The fourth-order valence-corrected chi connectivity index (χ4v) is 7.85. The molecular formula is C30H38N4O2S. The summed E-state index contributed by atoms with van der Waals surface area (Å²) in [7, 11) is 1.12. The number of fused-ring (bicyclic) bond motifs is 4. The number of piperidine rings is 1. The van der Waals surface area contributed by atoms with Crippen LogP contribution in [0.15, 0.2) is 42.5 Å². The number of carbonyl (C=O) groups excluding carboxylic acids is 1.